The van der Waals surface area contributed by atoms with Crippen molar-refractivity contribution in [3.05, 3.63) is 268 Å². The highest BCUT2D eigenvalue weighted by Crippen LogP contribution is 2.61. The second kappa shape index (κ2) is 14.7. The molecule has 0 amide bonds. The minimum atomic E-state index is -0.514. The van der Waals surface area contributed by atoms with Crippen LogP contribution in [-0.4, -0.2) is 0 Å². The van der Waals surface area contributed by atoms with Gasteiger partial charge in [0, 0.05) is 22.4 Å². The molecular formula is C62H49N. The van der Waals surface area contributed by atoms with Gasteiger partial charge in [0.25, 0.3) is 0 Å². The third-order valence-electron chi connectivity index (χ3n) is 14.4. The van der Waals surface area contributed by atoms with Crippen LogP contribution in [0.2, 0.25) is 0 Å². The second-order valence-electron chi connectivity index (χ2n) is 18.2. The number of aryl methyl sites for hydroxylation is 1. The molecule has 0 heterocycles. The van der Waals surface area contributed by atoms with Crippen LogP contribution in [0.15, 0.2) is 218 Å². The van der Waals surface area contributed by atoms with E-state index in [1.165, 1.54) is 83.5 Å². The maximum atomic E-state index is 2.56. The van der Waals surface area contributed by atoms with Crippen molar-refractivity contribution in [1.82, 2.24) is 0 Å². The lowest BCUT2D eigenvalue weighted by molar-refractivity contribution is 0.621. The largest absolute Gasteiger partial charge is 0.310 e. The first-order valence-corrected chi connectivity index (χ1v) is 22.7. The summed E-state index contributed by atoms with van der Waals surface area (Å²) in [4.78, 5) is 2.55. The number of fused-ring (bicyclic) bond motifs is 10. The zero-order valence-electron chi connectivity index (χ0n) is 35.9. The Morgan fingerprint density at radius 2 is 0.952 bits per heavy atom. The van der Waals surface area contributed by atoms with Gasteiger partial charge in [0.15, 0.2) is 0 Å². The molecule has 12 rings (SSSR count). The fraction of sp³-hybridized carbons (Fsp3) is 0.129. The standard InChI is InChI=1S/C62H49N/c1-42(2)38-43-30-31-45-36-37-61(57(45)39-43)55-27-15-12-25-51(55)53-34-32-48(40-58(53)61)63(60-29-17-14-24-50(60)44-18-6-3-7-19-44)49-33-35-54-52-26-13-16-28-56(52)62(59(54)41-49,46-20-8-4-9-21-46)47-22-10-5-11-23-47/h3-35,39-42H,36-38H2,1-2H3. The van der Waals surface area contributed by atoms with Crippen LogP contribution in [0.3, 0.4) is 0 Å². The maximum Gasteiger partial charge on any atom is 0.0714 e. The Labute approximate surface area is 372 Å². The highest BCUT2D eigenvalue weighted by Gasteiger charge is 2.49. The molecule has 9 aromatic rings. The molecule has 0 saturated carbocycles. The summed E-state index contributed by atoms with van der Waals surface area (Å²) in [5.41, 5.74) is 22.8. The van der Waals surface area contributed by atoms with Crippen molar-refractivity contribution in [2.24, 2.45) is 5.92 Å². The molecule has 1 heteroatoms. The number of para-hydroxylation sites is 1. The summed E-state index contributed by atoms with van der Waals surface area (Å²) in [5.74, 6) is 0.594. The molecule has 0 saturated heterocycles. The molecule has 1 spiro atoms. The van der Waals surface area contributed by atoms with E-state index in [2.05, 4.69) is 237 Å². The summed E-state index contributed by atoms with van der Waals surface area (Å²) in [5, 5.41) is 0. The monoisotopic (exact) mass is 807 g/mol. The average molecular weight is 808 g/mol. The maximum absolute atomic E-state index is 2.56. The van der Waals surface area contributed by atoms with Crippen LogP contribution in [0.4, 0.5) is 17.1 Å². The van der Waals surface area contributed by atoms with Crippen molar-refractivity contribution in [3.8, 4) is 33.4 Å². The number of hydrogen-bond acceptors (Lipinski definition) is 1. The van der Waals surface area contributed by atoms with Gasteiger partial charge in [0.2, 0.25) is 0 Å². The van der Waals surface area contributed by atoms with Crippen LogP contribution in [0.25, 0.3) is 33.4 Å². The van der Waals surface area contributed by atoms with Gasteiger partial charge in [0.1, 0.15) is 0 Å². The zero-order chi connectivity index (χ0) is 42.1. The molecular weight excluding hydrogens is 759 g/mol. The Morgan fingerprint density at radius 1 is 0.429 bits per heavy atom. The zero-order valence-corrected chi connectivity index (χ0v) is 35.9. The summed E-state index contributed by atoms with van der Waals surface area (Å²) >= 11 is 0. The van der Waals surface area contributed by atoms with E-state index >= 15 is 0 Å². The van der Waals surface area contributed by atoms with Crippen LogP contribution in [0, 0.1) is 5.92 Å². The summed E-state index contributed by atoms with van der Waals surface area (Å²) < 4.78 is 0. The molecule has 0 fully saturated rings. The predicted octanol–water partition coefficient (Wildman–Crippen LogP) is 15.6. The average Bonchev–Trinajstić information content (AvgIpc) is 3.96. The van der Waals surface area contributed by atoms with Crippen LogP contribution in [0.5, 0.6) is 0 Å². The highest BCUT2D eigenvalue weighted by atomic mass is 15.1. The predicted molar refractivity (Wildman–Crippen MR) is 262 cm³/mol. The fourth-order valence-electron chi connectivity index (χ4n) is 11.9. The SMILES string of the molecule is CC(C)Cc1ccc2c(c1)C1(CC2)c2ccccc2-c2ccc(N(c3ccc4c(c3)C(c3ccccc3)(c3ccccc3)c3ccccc3-4)c3ccccc3-c3ccccc3)cc21. The summed E-state index contributed by atoms with van der Waals surface area (Å²) in [7, 11) is 0. The molecule has 0 N–H and O–H groups in total. The van der Waals surface area contributed by atoms with Gasteiger partial charge in [-0.1, -0.05) is 202 Å². The van der Waals surface area contributed by atoms with E-state index in [9.17, 15) is 0 Å². The Kier molecular flexibility index (Phi) is 8.76. The number of anilines is 3. The third kappa shape index (κ3) is 5.62. The fourth-order valence-corrected chi connectivity index (χ4v) is 11.9. The van der Waals surface area contributed by atoms with E-state index in [4.69, 9.17) is 0 Å². The first-order valence-electron chi connectivity index (χ1n) is 22.7. The Balaban J connectivity index is 1.13. The Hall–Kier alpha value is -7.22. The Morgan fingerprint density at radius 3 is 1.62 bits per heavy atom. The topological polar surface area (TPSA) is 3.24 Å². The van der Waals surface area contributed by atoms with Gasteiger partial charge in [-0.3, -0.25) is 0 Å². The van der Waals surface area contributed by atoms with Crippen molar-refractivity contribution >= 4 is 17.1 Å². The first-order chi connectivity index (χ1) is 31.1. The number of benzene rings is 9. The lowest BCUT2D eigenvalue weighted by atomic mass is 9.67. The molecule has 63 heavy (non-hydrogen) atoms. The molecule has 3 aliphatic carbocycles. The van der Waals surface area contributed by atoms with Crippen LogP contribution >= 0.6 is 0 Å². The summed E-state index contributed by atoms with van der Waals surface area (Å²) in [6, 6.07) is 82.5. The van der Waals surface area contributed by atoms with E-state index in [-0.39, 0.29) is 5.41 Å². The molecule has 0 aliphatic heterocycles. The molecule has 1 nitrogen and oxygen atoms in total. The van der Waals surface area contributed by atoms with Crippen molar-refractivity contribution < 1.29 is 0 Å². The van der Waals surface area contributed by atoms with Gasteiger partial charge < -0.3 is 4.90 Å². The second-order valence-corrected chi connectivity index (χ2v) is 18.2. The van der Waals surface area contributed by atoms with E-state index in [1.807, 2.05) is 0 Å². The van der Waals surface area contributed by atoms with Crippen LogP contribution < -0.4 is 4.90 Å². The van der Waals surface area contributed by atoms with Crippen molar-refractivity contribution in [2.45, 2.75) is 43.9 Å². The van der Waals surface area contributed by atoms with E-state index < -0.39 is 5.41 Å². The van der Waals surface area contributed by atoms with Crippen molar-refractivity contribution in [3.63, 3.8) is 0 Å². The molecule has 1 unspecified atom stereocenters. The quantitative estimate of drug-likeness (QED) is 0.148. The summed E-state index contributed by atoms with van der Waals surface area (Å²) in [6.07, 6.45) is 3.22. The third-order valence-corrected chi connectivity index (χ3v) is 14.4. The molecule has 1 atom stereocenters. The molecule has 9 aromatic carbocycles. The van der Waals surface area contributed by atoms with Gasteiger partial charge in [0.05, 0.1) is 11.1 Å². The van der Waals surface area contributed by atoms with Gasteiger partial charge >= 0.3 is 0 Å². The van der Waals surface area contributed by atoms with Crippen molar-refractivity contribution in [2.75, 3.05) is 4.90 Å². The van der Waals surface area contributed by atoms with E-state index in [0.29, 0.717) is 5.92 Å². The smallest absolute Gasteiger partial charge is 0.0714 e. The number of nitrogens with zero attached hydrogens (tertiary/aromatic N) is 1. The number of hydrogen-bond donors (Lipinski definition) is 0. The van der Waals surface area contributed by atoms with Gasteiger partial charge in [-0.2, -0.15) is 0 Å². The van der Waals surface area contributed by atoms with Gasteiger partial charge in [-0.05, 0) is 133 Å². The van der Waals surface area contributed by atoms with Gasteiger partial charge in [-0.15, -0.1) is 0 Å². The van der Waals surface area contributed by atoms with Crippen molar-refractivity contribution in [1.29, 1.82) is 0 Å². The molecule has 3 aliphatic rings. The molecule has 0 bridgehead atoms. The van der Waals surface area contributed by atoms with Gasteiger partial charge in [-0.25, -0.2) is 0 Å². The summed E-state index contributed by atoms with van der Waals surface area (Å²) in [6.45, 7) is 4.66. The minimum Gasteiger partial charge on any atom is -0.310 e. The van der Waals surface area contributed by atoms with E-state index in [0.717, 1.165) is 36.3 Å². The number of rotatable bonds is 8. The highest BCUT2D eigenvalue weighted by molar-refractivity contribution is 5.94. The van der Waals surface area contributed by atoms with Crippen LogP contribution in [-0.2, 0) is 23.7 Å². The molecule has 0 radical (unpaired) electrons. The Bertz CT molecular complexity index is 3140. The van der Waals surface area contributed by atoms with E-state index in [1.54, 1.807) is 0 Å². The minimum absolute atomic E-state index is 0.218. The lowest BCUT2D eigenvalue weighted by Gasteiger charge is -2.35. The first kappa shape index (κ1) is 37.5. The molecule has 0 aromatic heterocycles. The normalized spacial score (nSPS) is 16.0. The molecule has 302 valence electrons. The van der Waals surface area contributed by atoms with Crippen LogP contribution in [0.1, 0.15) is 70.3 Å². The lowest BCUT2D eigenvalue weighted by Crippen LogP contribution is -2.28.